The van der Waals surface area contributed by atoms with Crippen molar-refractivity contribution in [2.24, 2.45) is 0 Å². The highest BCUT2D eigenvalue weighted by Gasteiger charge is 2.17. The zero-order chi connectivity index (χ0) is 21.9. The van der Waals surface area contributed by atoms with Gasteiger partial charge in [0, 0.05) is 42.8 Å². The van der Waals surface area contributed by atoms with E-state index in [1.54, 1.807) is 17.7 Å². The van der Waals surface area contributed by atoms with Crippen molar-refractivity contribution in [1.82, 2.24) is 19.9 Å². The number of rotatable bonds is 6. The fourth-order valence-electron chi connectivity index (χ4n) is 3.94. The molecule has 0 bridgehead atoms. The fraction of sp³-hybridized carbons (Fsp3) is 0.292. The molecule has 164 valence electrons. The molecular formula is C24H26N6OS. The summed E-state index contributed by atoms with van der Waals surface area (Å²) in [5.41, 5.74) is 2.97. The van der Waals surface area contributed by atoms with Gasteiger partial charge >= 0.3 is 0 Å². The maximum Gasteiger partial charge on any atom is 0.148 e. The maximum absolute atomic E-state index is 9.93. The molecule has 3 aromatic heterocycles. The molecule has 1 unspecified atom stereocenters. The van der Waals surface area contributed by atoms with Crippen LogP contribution in [0.5, 0.6) is 0 Å². The number of pyridine rings is 1. The Balaban J connectivity index is 1.39. The van der Waals surface area contributed by atoms with Crippen LogP contribution in [0.15, 0.2) is 61.1 Å². The molecule has 1 aliphatic rings. The van der Waals surface area contributed by atoms with Crippen molar-refractivity contribution in [2.75, 3.05) is 50.1 Å². The van der Waals surface area contributed by atoms with Gasteiger partial charge in [-0.05, 0) is 30.8 Å². The van der Waals surface area contributed by atoms with Crippen LogP contribution in [0.25, 0.3) is 20.7 Å². The minimum absolute atomic E-state index is 0.0224. The number of fused-ring (bicyclic) bond motifs is 1. The van der Waals surface area contributed by atoms with Crippen molar-refractivity contribution in [3.8, 4) is 10.4 Å². The molecule has 1 aromatic carbocycles. The van der Waals surface area contributed by atoms with E-state index in [1.807, 2.05) is 36.5 Å². The van der Waals surface area contributed by atoms with Crippen LogP contribution in [0.1, 0.15) is 11.6 Å². The molecule has 0 saturated carbocycles. The van der Waals surface area contributed by atoms with Crippen molar-refractivity contribution in [3.63, 3.8) is 0 Å². The predicted octanol–water partition coefficient (Wildman–Crippen LogP) is 3.65. The van der Waals surface area contributed by atoms with Crippen LogP contribution in [0.3, 0.4) is 0 Å². The zero-order valence-corrected chi connectivity index (χ0v) is 18.8. The lowest BCUT2D eigenvalue weighted by Crippen LogP contribution is -2.44. The standard InChI is InChI=1S/C24H26N6OS/c1-29-9-11-30(12-10-29)22-8-7-18(14-25-22)21-13-19-23(32-21)24(27-16-26-19)28-20(15-31)17-5-3-2-4-6-17/h2-8,13-14,16,20,31H,9-12,15H2,1H3,(H,26,27,28). The number of aromatic nitrogens is 3. The number of hydrogen-bond acceptors (Lipinski definition) is 8. The molecule has 4 aromatic rings. The largest absolute Gasteiger partial charge is 0.394 e. The zero-order valence-electron chi connectivity index (χ0n) is 18.0. The van der Waals surface area contributed by atoms with Gasteiger partial charge in [-0.1, -0.05) is 30.3 Å². The molecule has 0 amide bonds. The molecule has 0 spiro atoms. The third-order valence-electron chi connectivity index (χ3n) is 5.87. The van der Waals surface area contributed by atoms with Gasteiger partial charge in [0.05, 0.1) is 22.9 Å². The minimum Gasteiger partial charge on any atom is -0.394 e. The van der Waals surface area contributed by atoms with E-state index >= 15 is 0 Å². The topological polar surface area (TPSA) is 77.4 Å². The summed E-state index contributed by atoms with van der Waals surface area (Å²) in [6.07, 6.45) is 3.51. The summed E-state index contributed by atoms with van der Waals surface area (Å²) >= 11 is 1.64. The van der Waals surface area contributed by atoms with E-state index in [9.17, 15) is 5.11 Å². The normalized spacial score (nSPS) is 15.8. The van der Waals surface area contributed by atoms with E-state index < -0.39 is 0 Å². The lowest BCUT2D eigenvalue weighted by molar-refractivity contribution is 0.276. The summed E-state index contributed by atoms with van der Waals surface area (Å²) in [5.74, 6) is 1.76. The molecule has 8 heteroatoms. The molecule has 1 saturated heterocycles. The lowest BCUT2D eigenvalue weighted by atomic mass is 10.1. The number of benzene rings is 1. The lowest BCUT2D eigenvalue weighted by Gasteiger charge is -2.33. The number of thiophene rings is 1. The third kappa shape index (κ3) is 4.29. The third-order valence-corrected chi connectivity index (χ3v) is 7.05. The highest BCUT2D eigenvalue weighted by Crippen LogP contribution is 2.36. The second-order valence-electron chi connectivity index (χ2n) is 8.03. The summed E-state index contributed by atoms with van der Waals surface area (Å²) in [6.45, 7) is 4.11. The quantitative estimate of drug-likeness (QED) is 0.468. The van der Waals surface area contributed by atoms with Crippen molar-refractivity contribution in [3.05, 3.63) is 66.6 Å². The Labute approximate surface area is 191 Å². The first-order valence-electron chi connectivity index (χ1n) is 10.8. The van der Waals surface area contributed by atoms with E-state index in [2.05, 4.69) is 50.3 Å². The Hall–Kier alpha value is -3.07. The van der Waals surface area contributed by atoms with Gasteiger partial charge in [-0.3, -0.25) is 0 Å². The van der Waals surface area contributed by atoms with Gasteiger partial charge < -0.3 is 20.2 Å². The number of hydrogen-bond donors (Lipinski definition) is 2. The summed E-state index contributed by atoms with van der Waals surface area (Å²) in [5, 5.41) is 13.3. The van der Waals surface area contributed by atoms with Gasteiger partial charge in [-0.25, -0.2) is 15.0 Å². The molecule has 5 rings (SSSR count). The Kier molecular flexibility index (Phi) is 5.98. The van der Waals surface area contributed by atoms with Crippen LogP contribution in [0, 0.1) is 0 Å². The van der Waals surface area contributed by atoms with Crippen molar-refractivity contribution in [2.45, 2.75) is 6.04 Å². The van der Waals surface area contributed by atoms with Crippen LogP contribution in [0.2, 0.25) is 0 Å². The Morgan fingerprint density at radius 2 is 1.84 bits per heavy atom. The van der Waals surface area contributed by atoms with Crippen LogP contribution in [-0.2, 0) is 0 Å². The van der Waals surface area contributed by atoms with Gasteiger partial charge in [0.15, 0.2) is 0 Å². The van der Waals surface area contributed by atoms with E-state index in [-0.39, 0.29) is 12.6 Å². The van der Waals surface area contributed by atoms with Crippen LogP contribution < -0.4 is 10.2 Å². The van der Waals surface area contributed by atoms with E-state index in [0.29, 0.717) is 0 Å². The number of aliphatic hydroxyl groups is 1. The fourth-order valence-corrected chi connectivity index (χ4v) is 4.99. The number of anilines is 2. The summed E-state index contributed by atoms with van der Waals surface area (Å²) in [7, 11) is 2.16. The summed E-state index contributed by atoms with van der Waals surface area (Å²) < 4.78 is 0.972. The number of likely N-dealkylation sites (N-methyl/N-ethyl adjacent to an activating group) is 1. The molecule has 1 atom stereocenters. The first-order valence-corrected chi connectivity index (χ1v) is 11.6. The first kappa shape index (κ1) is 20.8. The monoisotopic (exact) mass is 446 g/mol. The average molecular weight is 447 g/mol. The number of nitrogens with one attached hydrogen (secondary N) is 1. The summed E-state index contributed by atoms with van der Waals surface area (Å²) in [6, 6.07) is 16.0. The molecule has 0 radical (unpaired) electrons. The molecule has 4 heterocycles. The maximum atomic E-state index is 9.93. The van der Waals surface area contributed by atoms with Crippen LogP contribution >= 0.6 is 11.3 Å². The number of aliphatic hydroxyl groups excluding tert-OH is 1. The Bertz CT molecular complexity index is 1170. The van der Waals surface area contributed by atoms with E-state index in [1.165, 1.54) is 0 Å². The first-order chi connectivity index (χ1) is 15.7. The smallest absolute Gasteiger partial charge is 0.148 e. The van der Waals surface area contributed by atoms with Crippen molar-refractivity contribution >= 4 is 33.2 Å². The number of piperazine rings is 1. The van der Waals surface area contributed by atoms with Gasteiger partial charge in [0.2, 0.25) is 0 Å². The Morgan fingerprint density at radius 1 is 1.03 bits per heavy atom. The average Bonchev–Trinajstić information content (AvgIpc) is 3.29. The highest BCUT2D eigenvalue weighted by atomic mass is 32.1. The molecule has 1 aliphatic heterocycles. The molecule has 0 aliphatic carbocycles. The molecular weight excluding hydrogens is 420 g/mol. The Morgan fingerprint density at radius 3 is 2.56 bits per heavy atom. The minimum atomic E-state index is -0.232. The number of nitrogens with zero attached hydrogens (tertiary/aromatic N) is 5. The van der Waals surface area contributed by atoms with Crippen LogP contribution in [-0.4, -0.2) is 64.8 Å². The van der Waals surface area contributed by atoms with Gasteiger partial charge in [-0.15, -0.1) is 11.3 Å². The van der Waals surface area contributed by atoms with Crippen molar-refractivity contribution < 1.29 is 5.11 Å². The predicted molar refractivity (Wildman–Crippen MR) is 130 cm³/mol. The SMILES string of the molecule is CN1CCN(c2ccc(-c3cc4ncnc(NC(CO)c5ccccc5)c4s3)cn2)CC1. The van der Waals surface area contributed by atoms with E-state index in [4.69, 9.17) is 4.98 Å². The van der Waals surface area contributed by atoms with Gasteiger partial charge in [0.1, 0.15) is 18.0 Å². The molecule has 2 N–H and O–H groups in total. The molecule has 32 heavy (non-hydrogen) atoms. The molecule has 1 fully saturated rings. The van der Waals surface area contributed by atoms with E-state index in [0.717, 1.165) is 64.0 Å². The van der Waals surface area contributed by atoms with Crippen molar-refractivity contribution in [1.29, 1.82) is 0 Å². The van der Waals surface area contributed by atoms with Gasteiger partial charge in [-0.2, -0.15) is 0 Å². The highest BCUT2D eigenvalue weighted by molar-refractivity contribution is 7.22. The molecule has 7 nitrogen and oxygen atoms in total. The second-order valence-corrected chi connectivity index (χ2v) is 9.09. The summed E-state index contributed by atoms with van der Waals surface area (Å²) in [4.78, 5) is 19.4. The van der Waals surface area contributed by atoms with Crippen LogP contribution in [0.4, 0.5) is 11.6 Å². The van der Waals surface area contributed by atoms with Gasteiger partial charge in [0.25, 0.3) is 0 Å². The second kappa shape index (κ2) is 9.20.